The molecule has 122 valence electrons. The summed E-state index contributed by atoms with van der Waals surface area (Å²) in [5, 5.41) is 17.5. The van der Waals surface area contributed by atoms with Crippen molar-refractivity contribution in [2.45, 2.75) is 65.2 Å². The summed E-state index contributed by atoms with van der Waals surface area (Å²) in [6, 6.07) is 0. The minimum atomic E-state index is 0.335. The van der Waals surface area contributed by atoms with E-state index < -0.39 is 0 Å². The van der Waals surface area contributed by atoms with E-state index in [4.69, 9.17) is 10.2 Å². The fourth-order valence-electron chi connectivity index (χ4n) is 2.88. The largest absolute Gasteiger partial charge is 0.396 e. The number of hydrogen-bond acceptors (Lipinski definition) is 3. The van der Waals surface area contributed by atoms with Gasteiger partial charge in [-0.25, -0.2) is 0 Å². The average molecular weight is 287 g/mol. The fourth-order valence-corrected chi connectivity index (χ4v) is 2.88. The van der Waals surface area contributed by atoms with Crippen LogP contribution in [0.2, 0.25) is 0 Å². The highest BCUT2D eigenvalue weighted by Crippen LogP contribution is 2.14. The maximum Gasteiger partial charge on any atom is 0.0431 e. The van der Waals surface area contributed by atoms with E-state index in [0.29, 0.717) is 13.2 Å². The van der Waals surface area contributed by atoms with Gasteiger partial charge in [-0.05, 0) is 44.6 Å². The van der Waals surface area contributed by atoms with Gasteiger partial charge >= 0.3 is 0 Å². The highest BCUT2D eigenvalue weighted by Gasteiger charge is 2.10. The minimum absolute atomic E-state index is 0.335. The Hall–Kier alpha value is -0.120. The van der Waals surface area contributed by atoms with Crippen LogP contribution in [0.3, 0.4) is 0 Å². The van der Waals surface area contributed by atoms with Crippen LogP contribution in [0.25, 0.3) is 0 Å². The highest BCUT2D eigenvalue weighted by molar-refractivity contribution is 4.64. The number of hydrogen-bond donors (Lipinski definition) is 2. The standard InChI is InChI=1S/C17H37NO2/c1-16(10-6-4-8-12-19)14-18(3)15-17(2)11-7-5-9-13-20/h16-17,19-20H,4-15H2,1-3H3. The van der Waals surface area contributed by atoms with Crippen LogP contribution in [0.15, 0.2) is 0 Å². The van der Waals surface area contributed by atoms with Crippen molar-refractivity contribution in [1.29, 1.82) is 0 Å². The van der Waals surface area contributed by atoms with Crippen LogP contribution in [0.1, 0.15) is 65.2 Å². The summed E-state index contributed by atoms with van der Waals surface area (Å²) in [4.78, 5) is 2.47. The van der Waals surface area contributed by atoms with Crippen molar-refractivity contribution in [2.24, 2.45) is 11.8 Å². The normalized spacial score (nSPS) is 14.7. The van der Waals surface area contributed by atoms with Crippen LogP contribution in [-0.4, -0.2) is 48.5 Å². The molecule has 0 fully saturated rings. The first-order valence-electron chi connectivity index (χ1n) is 8.50. The second-order valence-corrected chi connectivity index (χ2v) is 6.58. The number of rotatable bonds is 14. The number of aliphatic hydroxyl groups excluding tert-OH is 2. The number of unbranched alkanes of at least 4 members (excludes halogenated alkanes) is 4. The molecule has 0 aliphatic rings. The van der Waals surface area contributed by atoms with Crippen LogP contribution in [0.4, 0.5) is 0 Å². The first-order chi connectivity index (χ1) is 9.60. The number of nitrogens with zero attached hydrogens (tertiary/aromatic N) is 1. The molecule has 3 nitrogen and oxygen atoms in total. The minimum Gasteiger partial charge on any atom is -0.396 e. The Balaban J connectivity index is 3.56. The van der Waals surface area contributed by atoms with E-state index in [0.717, 1.165) is 37.5 Å². The molecule has 0 radical (unpaired) electrons. The topological polar surface area (TPSA) is 43.7 Å². The molecule has 0 aromatic rings. The SMILES string of the molecule is CC(CCCCCO)CN(C)CC(C)CCCCCO. The first-order valence-corrected chi connectivity index (χ1v) is 8.50. The summed E-state index contributed by atoms with van der Waals surface area (Å²) < 4.78 is 0. The van der Waals surface area contributed by atoms with Gasteiger partial charge in [0, 0.05) is 26.3 Å². The molecule has 0 aliphatic carbocycles. The summed E-state index contributed by atoms with van der Waals surface area (Å²) >= 11 is 0. The quantitative estimate of drug-likeness (QED) is 0.482. The summed E-state index contributed by atoms with van der Waals surface area (Å²) in [5.74, 6) is 1.50. The molecule has 0 saturated heterocycles. The lowest BCUT2D eigenvalue weighted by molar-refractivity contribution is 0.231. The van der Waals surface area contributed by atoms with Crippen LogP contribution in [0, 0.1) is 11.8 Å². The zero-order valence-corrected chi connectivity index (χ0v) is 14.0. The van der Waals surface area contributed by atoms with Crippen LogP contribution < -0.4 is 0 Å². The van der Waals surface area contributed by atoms with Gasteiger partial charge in [0.2, 0.25) is 0 Å². The van der Waals surface area contributed by atoms with Gasteiger partial charge in [-0.3, -0.25) is 0 Å². The first kappa shape index (κ1) is 19.9. The van der Waals surface area contributed by atoms with Crippen molar-refractivity contribution < 1.29 is 10.2 Å². The van der Waals surface area contributed by atoms with E-state index in [1.807, 2.05) is 0 Å². The second-order valence-electron chi connectivity index (χ2n) is 6.58. The van der Waals surface area contributed by atoms with Gasteiger partial charge in [0.05, 0.1) is 0 Å². The van der Waals surface area contributed by atoms with E-state index in [-0.39, 0.29) is 0 Å². The molecule has 2 N–H and O–H groups in total. The van der Waals surface area contributed by atoms with Gasteiger partial charge in [0.25, 0.3) is 0 Å². The molecule has 20 heavy (non-hydrogen) atoms. The van der Waals surface area contributed by atoms with E-state index in [2.05, 4.69) is 25.8 Å². The van der Waals surface area contributed by atoms with Crippen molar-refractivity contribution in [1.82, 2.24) is 4.90 Å². The molecule has 0 saturated carbocycles. The molecule has 0 aromatic heterocycles. The lowest BCUT2D eigenvalue weighted by Crippen LogP contribution is -2.29. The van der Waals surface area contributed by atoms with Crippen LogP contribution in [-0.2, 0) is 0 Å². The van der Waals surface area contributed by atoms with Crippen LogP contribution in [0.5, 0.6) is 0 Å². The Kier molecular flexibility index (Phi) is 13.8. The summed E-state index contributed by atoms with van der Waals surface area (Å²) in [7, 11) is 2.23. The highest BCUT2D eigenvalue weighted by atomic mass is 16.3. The Bertz CT molecular complexity index is 179. The third-order valence-electron chi connectivity index (χ3n) is 3.96. The van der Waals surface area contributed by atoms with Gasteiger partial charge in [0.15, 0.2) is 0 Å². The van der Waals surface area contributed by atoms with Crippen molar-refractivity contribution in [3.8, 4) is 0 Å². The molecule has 0 bridgehead atoms. The van der Waals surface area contributed by atoms with Gasteiger partial charge in [-0.2, -0.15) is 0 Å². The lowest BCUT2D eigenvalue weighted by atomic mass is 10.0. The molecule has 0 aliphatic heterocycles. The van der Waals surface area contributed by atoms with Gasteiger partial charge in [-0.1, -0.05) is 39.5 Å². The smallest absolute Gasteiger partial charge is 0.0431 e. The molecule has 0 heterocycles. The van der Waals surface area contributed by atoms with Crippen molar-refractivity contribution >= 4 is 0 Å². The molecule has 2 unspecified atom stereocenters. The maximum atomic E-state index is 8.76. The zero-order chi connectivity index (χ0) is 15.2. The second kappa shape index (κ2) is 13.8. The molecule has 2 atom stereocenters. The Morgan fingerprint density at radius 1 is 0.700 bits per heavy atom. The molecular weight excluding hydrogens is 250 g/mol. The van der Waals surface area contributed by atoms with E-state index in [1.54, 1.807) is 0 Å². The molecule has 0 aromatic carbocycles. The number of aliphatic hydroxyl groups is 2. The summed E-state index contributed by atoms with van der Waals surface area (Å²) in [6.45, 7) is 7.70. The van der Waals surface area contributed by atoms with E-state index >= 15 is 0 Å². The Morgan fingerprint density at radius 2 is 1.10 bits per heavy atom. The molecule has 0 rings (SSSR count). The van der Waals surface area contributed by atoms with Gasteiger partial charge in [-0.15, -0.1) is 0 Å². The van der Waals surface area contributed by atoms with Gasteiger partial charge < -0.3 is 15.1 Å². The predicted octanol–water partition coefficient (Wildman–Crippen LogP) is 3.30. The van der Waals surface area contributed by atoms with Crippen molar-refractivity contribution in [3.63, 3.8) is 0 Å². The monoisotopic (exact) mass is 287 g/mol. The van der Waals surface area contributed by atoms with Crippen molar-refractivity contribution in [2.75, 3.05) is 33.4 Å². The molecule has 0 amide bonds. The fraction of sp³-hybridized carbons (Fsp3) is 1.00. The van der Waals surface area contributed by atoms with E-state index in [9.17, 15) is 0 Å². The third kappa shape index (κ3) is 12.9. The average Bonchev–Trinajstić information content (AvgIpc) is 2.39. The summed E-state index contributed by atoms with van der Waals surface area (Å²) in [6.07, 6.45) is 9.25. The third-order valence-corrected chi connectivity index (χ3v) is 3.96. The lowest BCUT2D eigenvalue weighted by Gasteiger charge is -2.24. The zero-order valence-electron chi connectivity index (χ0n) is 14.0. The molecule has 3 heteroatoms. The predicted molar refractivity (Wildman–Crippen MR) is 86.9 cm³/mol. The summed E-state index contributed by atoms with van der Waals surface area (Å²) in [5.41, 5.74) is 0. The van der Waals surface area contributed by atoms with Crippen molar-refractivity contribution in [3.05, 3.63) is 0 Å². The maximum absolute atomic E-state index is 8.76. The Labute approximate surface area is 126 Å². The Morgan fingerprint density at radius 3 is 1.45 bits per heavy atom. The molecular formula is C17H37NO2. The van der Waals surface area contributed by atoms with Crippen LogP contribution >= 0.6 is 0 Å². The van der Waals surface area contributed by atoms with E-state index in [1.165, 1.54) is 38.8 Å². The molecule has 0 spiro atoms. The van der Waals surface area contributed by atoms with Gasteiger partial charge in [0.1, 0.15) is 0 Å².